The summed E-state index contributed by atoms with van der Waals surface area (Å²) in [5.74, 6) is -0.807. The summed E-state index contributed by atoms with van der Waals surface area (Å²) in [7, 11) is 0. The van der Waals surface area contributed by atoms with Crippen LogP contribution in [0.5, 0.6) is 0 Å². The second-order valence-electron chi connectivity index (χ2n) is 7.58. The summed E-state index contributed by atoms with van der Waals surface area (Å²) in [4.78, 5) is 28.2. The Balaban J connectivity index is 1.84. The maximum atomic E-state index is 13.5. The predicted octanol–water partition coefficient (Wildman–Crippen LogP) is 6.32. The van der Waals surface area contributed by atoms with Gasteiger partial charge in [0.2, 0.25) is 0 Å². The monoisotopic (exact) mass is 450 g/mol. The number of benzene rings is 3. The SMILES string of the molecule is Cc1ccc(N2C(=O)C(Nc3ccc(C)c(Cl)c3)=C(c3ccc(Cl)cc3)C2=O)c(C)c1. The van der Waals surface area contributed by atoms with E-state index in [-0.39, 0.29) is 11.6 Å². The summed E-state index contributed by atoms with van der Waals surface area (Å²) in [6, 6.07) is 17.9. The van der Waals surface area contributed by atoms with Crippen LogP contribution in [-0.4, -0.2) is 11.8 Å². The summed E-state index contributed by atoms with van der Waals surface area (Å²) >= 11 is 12.3. The molecule has 31 heavy (non-hydrogen) atoms. The largest absolute Gasteiger partial charge is 0.350 e. The molecule has 0 spiro atoms. The van der Waals surface area contributed by atoms with Crippen molar-refractivity contribution in [2.45, 2.75) is 20.8 Å². The first-order chi connectivity index (χ1) is 14.8. The van der Waals surface area contributed by atoms with E-state index in [4.69, 9.17) is 23.2 Å². The van der Waals surface area contributed by atoms with E-state index in [1.807, 2.05) is 45.0 Å². The van der Waals surface area contributed by atoms with Crippen LogP contribution < -0.4 is 10.2 Å². The van der Waals surface area contributed by atoms with Crippen molar-refractivity contribution >= 4 is 52.0 Å². The molecule has 1 aliphatic heterocycles. The Morgan fingerprint density at radius 1 is 0.774 bits per heavy atom. The summed E-state index contributed by atoms with van der Waals surface area (Å²) < 4.78 is 0. The number of carbonyl (C=O) groups is 2. The second-order valence-corrected chi connectivity index (χ2v) is 8.43. The van der Waals surface area contributed by atoms with Gasteiger partial charge in [-0.25, -0.2) is 4.90 Å². The van der Waals surface area contributed by atoms with Crippen LogP contribution in [0.25, 0.3) is 5.57 Å². The van der Waals surface area contributed by atoms with Gasteiger partial charge < -0.3 is 5.32 Å². The van der Waals surface area contributed by atoms with Gasteiger partial charge in [0.25, 0.3) is 11.8 Å². The van der Waals surface area contributed by atoms with Gasteiger partial charge >= 0.3 is 0 Å². The molecule has 3 aromatic carbocycles. The lowest BCUT2D eigenvalue weighted by Crippen LogP contribution is -2.33. The molecule has 4 nitrogen and oxygen atoms in total. The molecule has 0 aliphatic carbocycles. The molecule has 4 rings (SSSR count). The van der Waals surface area contributed by atoms with E-state index in [0.717, 1.165) is 16.7 Å². The molecular formula is C25H20Cl2N2O2. The number of carbonyl (C=O) groups excluding carboxylic acids is 2. The van der Waals surface area contributed by atoms with Crippen LogP contribution in [0.4, 0.5) is 11.4 Å². The highest BCUT2D eigenvalue weighted by Crippen LogP contribution is 2.36. The highest BCUT2D eigenvalue weighted by atomic mass is 35.5. The van der Waals surface area contributed by atoms with Gasteiger partial charge in [0.15, 0.2) is 0 Å². The highest BCUT2D eigenvalue weighted by molar-refractivity contribution is 6.46. The number of hydrogen-bond donors (Lipinski definition) is 1. The van der Waals surface area contributed by atoms with Crippen molar-refractivity contribution in [1.29, 1.82) is 0 Å². The molecule has 0 fully saturated rings. The fourth-order valence-corrected chi connectivity index (χ4v) is 3.93. The molecule has 0 unspecified atom stereocenters. The van der Waals surface area contributed by atoms with Crippen LogP contribution in [0.15, 0.2) is 66.4 Å². The number of hydrogen-bond acceptors (Lipinski definition) is 3. The maximum Gasteiger partial charge on any atom is 0.282 e. The van der Waals surface area contributed by atoms with E-state index in [1.165, 1.54) is 4.90 Å². The lowest BCUT2D eigenvalue weighted by Gasteiger charge is -2.18. The second kappa shape index (κ2) is 8.22. The molecule has 1 aliphatic rings. The Labute approximate surface area is 191 Å². The Morgan fingerprint density at radius 3 is 2.13 bits per heavy atom. The number of halogens is 2. The number of aryl methyl sites for hydroxylation is 3. The number of imide groups is 1. The third kappa shape index (κ3) is 3.97. The van der Waals surface area contributed by atoms with Gasteiger partial charge in [-0.15, -0.1) is 0 Å². The lowest BCUT2D eigenvalue weighted by atomic mass is 10.0. The zero-order chi connectivity index (χ0) is 22.3. The van der Waals surface area contributed by atoms with E-state index < -0.39 is 5.91 Å². The van der Waals surface area contributed by atoms with Crippen LogP contribution in [0.3, 0.4) is 0 Å². The van der Waals surface area contributed by atoms with Gasteiger partial charge in [0.05, 0.1) is 11.3 Å². The molecule has 0 radical (unpaired) electrons. The van der Waals surface area contributed by atoms with E-state index in [0.29, 0.717) is 32.6 Å². The fourth-order valence-electron chi connectivity index (χ4n) is 3.62. The zero-order valence-electron chi connectivity index (χ0n) is 17.3. The first-order valence-corrected chi connectivity index (χ1v) is 10.5. The summed E-state index contributed by atoms with van der Waals surface area (Å²) in [6.07, 6.45) is 0. The number of nitrogens with zero attached hydrogens (tertiary/aromatic N) is 1. The molecule has 0 saturated heterocycles. The molecular weight excluding hydrogens is 431 g/mol. The van der Waals surface area contributed by atoms with Gasteiger partial charge in [-0.3, -0.25) is 9.59 Å². The van der Waals surface area contributed by atoms with Crippen molar-refractivity contribution < 1.29 is 9.59 Å². The minimum absolute atomic E-state index is 0.201. The molecule has 2 amide bonds. The first-order valence-electron chi connectivity index (χ1n) is 9.75. The molecule has 0 aromatic heterocycles. The Bertz CT molecular complexity index is 1250. The summed E-state index contributed by atoms with van der Waals surface area (Å²) in [5.41, 5.74) is 5.10. The number of amides is 2. The van der Waals surface area contributed by atoms with E-state index >= 15 is 0 Å². The van der Waals surface area contributed by atoms with Crippen LogP contribution in [0, 0.1) is 20.8 Å². The van der Waals surface area contributed by atoms with E-state index in [1.54, 1.807) is 36.4 Å². The first kappa shape index (κ1) is 21.2. The average molecular weight is 451 g/mol. The minimum atomic E-state index is -0.418. The Hall–Kier alpha value is -3.08. The zero-order valence-corrected chi connectivity index (χ0v) is 18.8. The maximum absolute atomic E-state index is 13.5. The molecule has 1 N–H and O–H groups in total. The van der Waals surface area contributed by atoms with Gasteiger partial charge in [-0.1, -0.05) is 59.1 Å². The predicted molar refractivity (Wildman–Crippen MR) is 127 cm³/mol. The lowest BCUT2D eigenvalue weighted by molar-refractivity contribution is -0.120. The quantitative estimate of drug-likeness (QED) is 0.473. The van der Waals surface area contributed by atoms with Crippen LogP contribution in [-0.2, 0) is 9.59 Å². The molecule has 156 valence electrons. The van der Waals surface area contributed by atoms with E-state index in [2.05, 4.69) is 5.32 Å². The normalized spacial score (nSPS) is 13.9. The summed E-state index contributed by atoms with van der Waals surface area (Å²) in [6.45, 7) is 5.75. The molecule has 0 atom stereocenters. The van der Waals surface area contributed by atoms with Crippen molar-refractivity contribution in [3.8, 4) is 0 Å². The van der Waals surface area contributed by atoms with Crippen LogP contribution in [0.2, 0.25) is 10.0 Å². The smallest absolute Gasteiger partial charge is 0.282 e. The third-order valence-corrected chi connectivity index (χ3v) is 5.91. The van der Waals surface area contributed by atoms with Crippen LogP contribution in [0.1, 0.15) is 22.3 Å². The van der Waals surface area contributed by atoms with Crippen molar-refractivity contribution in [2.24, 2.45) is 0 Å². The molecule has 0 saturated carbocycles. The highest BCUT2D eigenvalue weighted by Gasteiger charge is 2.40. The molecule has 0 bridgehead atoms. The van der Waals surface area contributed by atoms with Gasteiger partial charge in [0.1, 0.15) is 5.70 Å². The topological polar surface area (TPSA) is 49.4 Å². The number of rotatable bonds is 4. The van der Waals surface area contributed by atoms with Gasteiger partial charge in [0, 0.05) is 15.7 Å². The van der Waals surface area contributed by atoms with Crippen molar-refractivity contribution in [3.63, 3.8) is 0 Å². The average Bonchev–Trinajstić information content (AvgIpc) is 2.96. The Morgan fingerprint density at radius 2 is 1.48 bits per heavy atom. The van der Waals surface area contributed by atoms with Crippen LogP contribution >= 0.6 is 23.2 Å². The van der Waals surface area contributed by atoms with E-state index in [9.17, 15) is 9.59 Å². The van der Waals surface area contributed by atoms with Crippen molar-refractivity contribution in [1.82, 2.24) is 0 Å². The number of anilines is 2. The van der Waals surface area contributed by atoms with Gasteiger partial charge in [-0.05, 0) is 67.8 Å². The Kier molecular flexibility index (Phi) is 5.61. The number of nitrogens with one attached hydrogen (secondary N) is 1. The standard InChI is InChI=1S/C25H20Cl2N2O2/c1-14-4-11-21(16(3)12-14)29-24(30)22(17-6-8-18(26)9-7-17)23(25(29)31)28-19-10-5-15(2)20(27)13-19/h4-13,28H,1-3H3. The third-order valence-electron chi connectivity index (χ3n) is 5.25. The molecule has 1 heterocycles. The minimum Gasteiger partial charge on any atom is -0.350 e. The summed E-state index contributed by atoms with van der Waals surface area (Å²) in [5, 5.41) is 4.25. The van der Waals surface area contributed by atoms with Crippen molar-refractivity contribution in [3.05, 3.63) is 98.7 Å². The molecule has 6 heteroatoms. The molecule has 3 aromatic rings. The van der Waals surface area contributed by atoms with Crippen molar-refractivity contribution in [2.75, 3.05) is 10.2 Å². The van der Waals surface area contributed by atoms with Gasteiger partial charge in [-0.2, -0.15) is 0 Å². The fraction of sp³-hybridized carbons (Fsp3) is 0.120.